The zero-order valence-corrected chi connectivity index (χ0v) is 9.37. The number of hydrogen-bond acceptors (Lipinski definition) is 3. The van der Waals surface area contributed by atoms with Crippen LogP contribution in [0, 0.1) is 11.6 Å². The van der Waals surface area contributed by atoms with Crippen LogP contribution in [0.1, 0.15) is 5.56 Å². The quantitative estimate of drug-likeness (QED) is 0.814. The van der Waals surface area contributed by atoms with Crippen LogP contribution in [0.3, 0.4) is 0 Å². The highest BCUT2D eigenvalue weighted by Crippen LogP contribution is 2.21. The van der Waals surface area contributed by atoms with Gasteiger partial charge in [0.05, 0.1) is 0 Å². The molecule has 0 aliphatic carbocycles. The minimum absolute atomic E-state index is 0.0399. The number of nitrogens with zero attached hydrogens (tertiary/aromatic N) is 1. The van der Waals surface area contributed by atoms with Crippen molar-refractivity contribution in [1.82, 2.24) is 4.90 Å². The highest BCUT2D eigenvalue weighted by atomic mass is 19.1. The number of nitrogens with two attached hydrogens (primary N) is 1. The van der Waals surface area contributed by atoms with Crippen molar-refractivity contribution in [3.05, 3.63) is 29.3 Å². The zero-order chi connectivity index (χ0) is 12.3. The lowest BCUT2D eigenvalue weighted by Gasteiger charge is -2.23. The normalized spacial score (nSPS) is 13.1. The first-order valence-corrected chi connectivity index (χ1v) is 4.99. The summed E-state index contributed by atoms with van der Waals surface area (Å²) in [7, 11) is 3.60. The summed E-state index contributed by atoms with van der Waals surface area (Å²) >= 11 is 0. The molecule has 0 aromatic heterocycles. The van der Waals surface area contributed by atoms with Crippen molar-refractivity contribution in [2.24, 2.45) is 5.73 Å². The number of halogens is 2. The molecule has 16 heavy (non-hydrogen) atoms. The first kappa shape index (κ1) is 12.9. The molecule has 0 amide bonds. The zero-order valence-electron chi connectivity index (χ0n) is 9.37. The molecule has 0 radical (unpaired) electrons. The maximum absolute atomic E-state index is 13.4. The molecule has 3 nitrogen and oxygen atoms in total. The summed E-state index contributed by atoms with van der Waals surface area (Å²) in [6.45, 7) is 0.312. The summed E-state index contributed by atoms with van der Waals surface area (Å²) in [6, 6.07) is 1.68. The van der Waals surface area contributed by atoms with E-state index in [1.807, 2.05) is 4.90 Å². The minimum Gasteiger partial charge on any atom is -0.508 e. The fraction of sp³-hybridized carbons (Fsp3) is 0.455. The smallest absolute Gasteiger partial charge is 0.133 e. The third kappa shape index (κ3) is 2.90. The van der Waals surface area contributed by atoms with E-state index < -0.39 is 17.4 Å². The second kappa shape index (κ2) is 5.23. The Bertz CT molecular complexity index is 346. The summed E-state index contributed by atoms with van der Waals surface area (Å²) in [4.78, 5) is 1.81. The van der Waals surface area contributed by atoms with Gasteiger partial charge in [0, 0.05) is 30.3 Å². The van der Waals surface area contributed by atoms with Gasteiger partial charge in [-0.3, -0.25) is 0 Å². The maximum Gasteiger partial charge on any atom is 0.133 e. The summed E-state index contributed by atoms with van der Waals surface area (Å²) in [5.74, 6) is -1.89. The fourth-order valence-electron chi connectivity index (χ4n) is 1.50. The number of hydrogen-bond donors (Lipinski definition) is 2. The van der Waals surface area contributed by atoms with Crippen molar-refractivity contribution in [1.29, 1.82) is 0 Å². The predicted octanol–water partition coefficient (Wildman–Crippen LogP) is 1.10. The molecule has 1 aromatic rings. The molecule has 1 aromatic carbocycles. The van der Waals surface area contributed by atoms with E-state index in [4.69, 9.17) is 10.8 Å². The lowest BCUT2D eigenvalue weighted by atomic mass is 10.0. The minimum atomic E-state index is -0.738. The Labute approximate surface area is 93.5 Å². The largest absolute Gasteiger partial charge is 0.508 e. The van der Waals surface area contributed by atoms with E-state index in [0.717, 1.165) is 12.1 Å². The average Bonchev–Trinajstić information content (AvgIpc) is 2.15. The van der Waals surface area contributed by atoms with Gasteiger partial charge in [-0.15, -0.1) is 0 Å². The molecule has 5 heteroatoms. The van der Waals surface area contributed by atoms with E-state index in [1.165, 1.54) is 0 Å². The van der Waals surface area contributed by atoms with E-state index in [9.17, 15) is 8.78 Å². The van der Waals surface area contributed by atoms with Crippen molar-refractivity contribution in [3.63, 3.8) is 0 Å². The molecular formula is C11H16F2N2O. The molecule has 0 spiro atoms. The molecule has 0 saturated heterocycles. The Kier molecular flexibility index (Phi) is 4.20. The van der Waals surface area contributed by atoms with Crippen LogP contribution in [-0.4, -0.2) is 36.7 Å². The van der Waals surface area contributed by atoms with Crippen LogP contribution >= 0.6 is 0 Å². The van der Waals surface area contributed by atoms with Crippen molar-refractivity contribution in [3.8, 4) is 5.75 Å². The molecule has 3 N–H and O–H groups in total. The molecule has 0 aliphatic heterocycles. The summed E-state index contributed by atoms with van der Waals surface area (Å²) in [5.41, 5.74) is 5.48. The van der Waals surface area contributed by atoms with Gasteiger partial charge in [0.25, 0.3) is 0 Å². The summed E-state index contributed by atoms with van der Waals surface area (Å²) < 4.78 is 26.8. The number of likely N-dealkylation sites (N-methyl/N-ethyl adjacent to an activating group) is 1. The average molecular weight is 230 g/mol. The van der Waals surface area contributed by atoms with Gasteiger partial charge in [0.2, 0.25) is 0 Å². The number of aromatic hydroxyl groups is 1. The Morgan fingerprint density at radius 2 is 1.81 bits per heavy atom. The Morgan fingerprint density at radius 1 is 1.31 bits per heavy atom. The SMILES string of the molecule is CN(C)[C@H](CN)Cc1c(F)cc(O)cc1F. The lowest BCUT2D eigenvalue weighted by Crippen LogP contribution is -2.37. The third-order valence-electron chi connectivity index (χ3n) is 2.57. The van der Waals surface area contributed by atoms with E-state index in [0.29, 0.717) is 6.54 Å². The molecule has 0 saturated carbocycles. The second-order valence-electron chi connectivity index (χ2n) is 3.95. The van der Waals surface area contributed by atoms with Crippen LogP contribution in [0.5, 0.6) is 5.75 Å². The molecule has 0 heterocycles. The molecule has 0 fully saturated rings. The van der Waals surface area contributed by atoms with Crippen molar-refractivity contribution in [2.75, 3.05) is 20.6 Å². The van der Waals surface area contributed by atoms with E-state index >= 15 is 0 Å². The molecule has 0 bridgehead atoms. The predicted molar refractivity (Wildman–Crippen MR) is 58.3 cm³/mol. The van der Waals surface area contributed by atoms with Crippen molar-refractivity contribution >= 4 is 0 Å². The highest BCUT2D eigenvalue weighted by molar-refractivity contribution is 5.30. The number of benzene rings is 1. The third-order valence-corrected chi connectivity index (χ3v) is 2.57. The van der Waals surface area contributed by atoms with Crippen LogP contribution in [0.15, 0.2) is 12.1 Å². The van der Waals surface area contributed by atoms with Crippen LogP contribution in [0.2, 0.25) is 0 Å². The molecule has 0 unspecified atom stereocenters. The van der Waals surface area contributed by atoms with Gasteiger partial charge >= 0.3 is 0 Å². The van der Waals surface area contributed by atoms with Crippen molar-refractivity contribution < 1.29 is 13.9 Å². The van der Waals surface area contributed by atoms with Gasteiger partial charge in [0.1, 0.15) is 17.4 Å². The molecule has 90 valence electrons. The molecular weight excluding hydrogens is 214 g/mol. The van der Waals surface area contributed by atoms with E-state index in [1.54, 1.807) is 14.1 Å². The second-order valence-corrected chi connectivity index (χ2v) is 3.95. The summed E-state index contributed by atoms with van der Waals surface area (Å²) in [6.07, 6.45) is 0.182. The number of rotatable bonds is 4. The standard InChI is InChI=1S/C11H16F2N2O/c1-15(2)7(6-14)3-9-10(12)4-8(16)5-11(9)13/h4-5,7,16H,3,6,14H2,1-2H3/t7-/m0/s1. The monoisotopic (exact) mass is 230 g/mol. The van der Waals surface area contributed by atoms with Gasteiger partial charge in [0.15, 0.2) is 0 Å². The number of phenolic OH excluding ortho intramolecular Hbond substituents is 1. The Balaban J connectivity index is 2.96. The van der Waals surface area contributed by atoms with Gasteiger partial charge in [-0.05, 0) is 20.5 Å². The summed E-state index contributed by atoms with van der Waals surface area (Å²) in [5, 5.41) is 9.00. The fourth-order valence-corrected chi connectivity index (χ4v) is 1.50. The highest BCUT2D eigenvalue weighted by Gasteiger charge is 2.17. The first-order valence-electron chi connectivity index (χ1n) is 4.99. The Morgan fingerprint density at radius 3 is 2.19 bits per heavy atom. The van der Waals surface area contributed by atoms with Crippen LogP contribution in [-0.2, 0) is 6.42 Å². The van der Waals surface area contributed by atoms with Crippen LogP contribution in [0.4, 0.5) is 8.78 Å². The van der Waals surface area contributed by atoms with E-state index in [-0.39, 0.29) is 18.0 Å². The molecule has 1 atom stereocenters. The van der Waals surface area contributed by atoms with Crippen molar-refractivity contribution in [2.45, 2.75) is 12.5 Å². The first-order chi connectivity index (χ1) is 7.45. The molecule has 0 aliphatic rings. The van der Waals surface area contributed by atoms with E-state index in [2.05, 4.69) is 0 Å². The van der Waals surface area contributed by atoms with Gasteiger partial charge < -0.3 is 15.7 Å². The van der Waals surface area contributed by atoms with Gasteiger partial charge in [-0.2, -0.15) is 0 Å². The molecule has 1 rings (SSSR count). The van der Waals surface area contributed by atoms with Crippen LogP contribution in [0.25, 0.3) is 0 Å². The Hall–Kier alpha value is -1.20. The van der Waals surface area contributed by atoms with Gasteiger partial charge in [-0.25, -0.2) is 8.78 Å². The van der Waals surface area contributed by atoms with Crippen LogP contribution < -0.4 is 5.73 Å². The topological polar surface area (TPSA) is 49.5 Å². The lowest BCUT2D eigenvalue weighted by molar-refractivity contribution is 0.292. The number of phenols is 1. The van der Waals surface area contributed by atoms with Gasteiger partial charge in [-0.1, -0.05) is 0 Å². The maximum atomic E-state index is 13.4.